The molecule has 0 saturated heterocycles. The number of aliphatic hydroxyl groups is 1. The fraction of sp³-hybridized carbons (Fsp3) is 0.583. The van der Waals surface area contributed by atoms with Gasteiger partial charge in [-0.15, -0.1) is 0 Å². The van der Waals surface area contributed by atoms with Gasteiger partial charge in [0, 0.05) is 20.1 Å². The Labute approximate surface area is 114 Å². The minimum absolute atomic E-state index is 0.136. The molecule has 0 amide bonds. The second kappa shape index (κ2) is 4.48. The first-order valence-corrected chi connectivity index (χ1v) is 6.57. The van der Waals surface area contributed by atoms with E-state index in [0.29, 0.717) is 23.5 Å². The van der Waals surface area contributed by atoms with Gasteiger partial charge < -0.3 is 15.0 Å². The topological polar surface area (TPSA) is 105 Å². The van der Waals surface area contributed by atoms with Crippen LogP contribution in [0.25, 0.3) is 11.2 Å². The molecule has 3 rings (SSSR count). The Morgan fingerprint density at radius 2 is 2.05 bits per heavy atom. The Bertz CT molecular complexity index is 772. The van der Waals surface area contributed by atoms with Crippen LogP contribution in [0.5, 0.6) is 0 Å². The first-order valence-electron chi connectivity index (χ1n) is 6.57. The van der Waals surface area contributed by atoms with Crippen LogP contribution < -0.4 is 16.6 Å². The van der Waals surface area contributed by atoms with Gasteiger partial charge in [0.05, 0.1) is 6.10 Å². The molecule has 0 unspecified atom stereocenters. The maximum absolute atomic E-state index is 11.9. The Morgan fingerprint density at radius 1 is 1.30 bits per heavy atom. The molecule has 0 spiro atoms. The van der Waals surface area contributed by atoms with Crippen LogP contribution in [0.4, 0.5) is 5.95 Å². The van der Waals surface area contributed by atoms with Gasteiger partial charge in [-0.2, -0.15) is 4.98 Å². The zero-order chi connectivity index (χ0) is 14.4. The lowest BCUT2D eigenvalue weighted by Gasteiger charge is -2.12. The summed E-state index contributed by atoms with van der Waals surface area (Å²) in [7, 11) is 3.29. The van der Waals surface area contributed by atoms with Gasteiger partial charge in [0.25, 0.3) is 5.56 Å². The van der Waals surface area contributed by atoms with Crippen LogP contribution in [0.15, 0.2) is 9.59 Å². The van der Waals surface area contributed by atoms with Crippen molar-refractivity contribution in [3.63, 3.8) is 0 Å². The number of aryl methyl sites for hydroxylation is 2. The number of aliphatic hydroxyl groups excluding tert-OH is 1. The summed E-state index contributed by atoms with van der Waals surface area (Å²) in [4.78, 5) is 30.0. The molecule has 20 heavy (non-hydrogen) atoms. The molecule has 2 aromatic rings. The maximum atomic E-state index is 11.9. The summed E-state index contributed by atoms with van der Waals surface area (Å²) in [6.07, 6.45) is 2.01. The average molecular weight is 279 g/mol. The molecule has 0 aliphatic heterocycles. The van der Waals surface area contributed by atoms with Crippen LogP contribution in [-0.4, -0.2) is 36.4 Å². The number of rotatable bonds is 2. The van der Waals surface area contributed by atoms with Crippen molar-refractivity contribution in [1.29, 1.82) is 0 Å². The molecule has 1 fully saturated rings. The average Bonchev–Trinajstić information content (AvgIpc) is 2.93. The highest BCUT2D eigenvalue weighted by Crippen LogP contribution is 2.23. The monoisotopic (exact) mass is 279 g/mol. The van der Waals surface area contributed by atoms with Gasteiger partial charge in [-0.3, -0.25) is 14.3 Å². The number of hydrogen-bond donors (Lipinski definition) is 3. The van der Waals surface area contributed by atoms with Crippen molar-refractivity contribution in [2.75, 3.05) is 5.32 Å². The fourth-order valence-corrected chi connectivity index (χ4v) is 2.71. The molecule has 2 heterocycles. The normalized spacial score (nSPS) is 22.6. The summed E-state index contributed by atoms with van der Waals surface area (Å²) in [5.74, 6) is 0.533. The van der Waals surface area contributed by atoms with Gasteiger partial charge in [0.15, 0.2) is 11.2 Å². The fourth-order valence-electron chi connectivity index (χ4n) is 2.71. The highest BCUT2D eigenvalue weighted by molar-refractivity contribution is 5.73. The number of aromatic amines is 1. The van der Waals surface area contributed by atoms with Gasteiger partial charge in [-0.25, -0.2) is 4.79 Å². The zero-order valence-electron chi connectivity index (χ0n) is 11.4. The molecule has 2 aromatic heterocycles. The number of nitrogens with zero attached hydrogens (tertiary/aromatic N) is 3. The van der Waals surface area contributed by atoms with Gasteiger partial charge in [0.1, 0.15) is 0 Å². The predicted octanol–water partition coefficient (Wildman–Crippen LogP) is -0.714. The zero-order valence-corrected chi connectivity index (χ0v) is 11.4. The van der Waals surface area contributed by atoms with Crippen molar-refractivity contribution in [1.82, 2.24) is 19.1 Å². The van der Waals surface area contributed by atoms with Crippen molar-refractivity contribution in [2.45, 2.75) is 31.4 Å². The number of aromatic nitrogens is 4. The molecule has 0 radical (unpaired) electrons. The third-order valence-corrected chi connectivity index (χ3v) is 3.87. The second-order valence-corrected chi connectivity index (χ2v) is 5.29. The van der Waals surface area contributed by atoms with E-state index >= 15 is 0 Å². The highest BCUT2D eigenvalue weighted by atomic mass is 16.3. The van der Waals surface area contributed by atoms with Gasteiger partial charge in [-0.1, -0.05) is 0 Å². The van der Waals surface area contributed by atoms with Gasteiger partial charge in [-0.05, 0) is 19.3 Å². The number of fused-ring (bicyclic) bond motifs is 1. The molecule has 8 nitrogen and oxygen atoms in total. The van der Waals surface area contributed by atoms with Crippen molar-refractivity contribution < 1.29 is 5.11 Å². The molecule has 1 saturated carbocycles. The molecule has 1 aliphatic carbocycles. The van der Waals surface area contributed by atoms with E-state index in [0.717, 1.165) is 12.8 Å². The maximum Gasteiger partial charge on any atom is 0.329 e. The first-order chi connectivity index (χ1) is 9.47. The summed E-state index contributed by atoms with van der Waals surface area (Å²) in [6.45, 7) is 0. The Kier molecular flexibility index (Phi) is 2.89. The van der Waals surface area contributed by atoms with E-state index in [1.165, 1.54) is 4.57 Å². The molecule has 1 aliphatic rings. The van der Waals surface area contributed by atoms with Gasteiger partial charge in [0.2, 0.25) is 5.95 Å². The number of nitrogens with one attached hydrogen (secondary N) is 2. The summed E-state index contributed by atoms with van der Waals surface area (Å²) in [6, 6.07) is 0.136. The quantitative estimate of drug-likeness (QED) is 0.673. The summed E-state index contributed by atoms with van der Waals surface area (Å²) in [5, 5.41) is 12.8. The Hall–Kier alpha value is -2.09. The Morgan fingerprint density at radius 3 is 2.70 bits per heavy atom. The molecule has 3 N–H and O–H groups in total. The standard InChI is InChI=1S/C12H17N5O3/c1-16-8-9(17(2)12(20)15-10(8)19)14-11(16)13-6-3-4-7(18)5-6/h6-7,18H,3-5H2,1-2H3,(H,13,14)(H,15,19,20)/t6-,7+/m1/s1. The van der Waals surface area contributed by atoms with Crippen LogP contribution in [0, 0.1) is 0 Å². The number of anilines is 1. The number of H-pyrrole nitrogens is 1. The number of imidazole rings is 1. The first kappa shape index (κ1) is 12.9. The summed E-state index contributed by atoms with van der Waals surface area (Å²) in [5.41, 5.74) is -0.225. The van der Waals surface area contributed by atoms with Crippen molar-refractivity contribution in [3.8, 4) is 0 Å². The van der Waals surface area contributed by atoms with Gasteiger partial charge >= 0.3 is 5.69 Å². The smallest absolute Gasteiger partial charge is 0.329 e. The van der Waals surface area contributed by atoms with Crippen LogP contribution in [0.2, 0.25) is 0 Å². The molecule has 8 heteroatoms. The minimum atomic E-state index is -0.483. The van der Waals surface area contributed by atoms with Crippen molar-refractivity contribution in [3.05, 3.63) is 20.8 Å². The molecule has 0 bridgehead atoms. The third kappa shape index (κ3) is 1.92. The summed E-state index contributed by atoms with van der Waals surface area (Å²) < 4.78 is 2.95. The predicted molar refractivity (Wildman–Crippen MR) is 73.8 cm³/mol. The minimum Gasteiger partial charge on any atom is -0.393 e. The van der Waals surface area contributed by atoms with E-state index in [9.17, 15) is 14.7 Å². The lowest BCUT2D eigenvalue weighted by atomic mass is 10.2. The molecule has 0 aromatic carbocycles. The third-order valence-electron chi connectivity index (χ3n) is 3.87. The molecule has 2 atom stereocenters. The van der Waals surface area contributed by atoms with Crippen LogP contribution in [0.3, 0.4) is 0 Å². The molecular formula is C12H17N5O3. The second-order valence-electron chi connectivity index (χ2n) is 5.29. The van der Waals surface area contributed by atoms with E-state index in [2.05, 4.69) is 15.3 Å². The highest BCUT2D eigenvalue weighted by Gasteiger charge is 2.24. The molecular weight excluding hydrogens is 262 g/mol. The lowest BCUT2D eigenvalue weighted by Crippen LogP contribution is -2.29. The molecule has 108 valence electrons. The van der Waals surface area contributed by atoms with Crippen LogP contribution in [-0.2, 0) is 14.1 Å². The van der Waals surface area contributed by atoms with E-state index in [4.69, 9.17) is 0 Å². The number of hydrogen-bond acceptors (Lipinski definition) is 5. The Balaban J connectivity index is 2.07. The van der Waals surface area contributed by atoms with E-state index in [-0.39, 0.29) is 12.1 Å². The summed E-state index contributed by atoms with van der Waals surface area (Å²) >= 11 is 0. The van der Waals surface area contributed by atoms with E-state index in [1.54, 1.807) is 18.7 Å². The van der Waals surface area contributed by atoms with E-state index in [1.807, 2.05) is 0 Å². The van der Waals surface area contributed by atoms with E-state index < -0.39 is 11.2 Å². The SMILES string of the molecule is Cn1c(N[C@@H]2CC[C@H](O)C2)nc2c1c(=O)[nH]c(=O)n2C. The largest absolute Gasteiger partial charge is 0.393 e. The lowest BCUT2D eigenvalue weighted by molar-refractivity contribution is 0.182. The van der Waals surface area contributed by atoms with Crippen molar-refractivity contribution in [2.24, 2.45) is 14.1 Å². The van der Waals surface area contributed by atoms with Crippen molar-refractivity contribution >= 4 is 17.1 Å². The van der Waals surface area contributed by atoms with Crippen LogP contribution in [0.1, 0.15) is 19.3 Å². The van der Waals surface area contributed by atoms with Crippen LogP contribution >= 0.6 is 0 Å².